The lowest BCUT2D eigenvalue weighted by Crippen LogP contribution is -2.12. The van der Waals surface area contributed by atoms with Gasteiger partial charge in [-0.05, 0) is 12.8 Å². The van der Waals surface area contributed by atoms with Crippen molar-refractivity contribution in [3.8, 4) is 0 Å². The second kappa shape index (κ2) is 8.05. The number of ether oxygens (including phenoxy) is 1. The second-order valence-electron chi connectivity index (χ2n) is 2.44. The Morgan fingerprint density at radius 1 is 1.55 bits per heavy atom. The number of hydrogen-bond acceptors (Lipinski definition) is 2. The molecular weight excluding hydrogens is 208 g/mol. The molecule has 0 amide bonds. The molecule has 2 nitrogen and oxygen atoms in total. The van der Waals surface area contributed by atoms with E-state index >= 15 is 0 Å². The fourth-order valence-corrected chi connectivity index (χ4v) is 1.39. The molecule has 3 heteroatoms. The lowest BCUT2D eigenvalue weighted by atomic mass is 10.1. The lowest BCUT2D eigenvalue weighted by molar-refractivity contribution is 0.161. The fraction of sp³-hybridized carbons (Fsp3) is 0.875. The lowest BCUT2D eigenvalue weighted by Gasteiger charge is -2.11. The van der Waals surface area contributed by atoms with Crippen LogP contribution in [0.1, 0.15) is 32.6 Å². The van der Waals surface area contributed by atoms with Crippen LogP contribution in [0.25, 0.3) is 0 Å². The van der Waals surface area contributed by atoms with Gasteiger partial charge in [-0.3, -0.25) is 0 Å². The number of halogens is 1. The van der Waals surface area contributed by atoms with Crippen LogP contribution in [-0.2, 0) is 9.53 Å². The van der Waals surface area contributed by atoms with Crippen LogP contribution in [0, 0.1) is 0 Å². The minimum atomic E-state index is 0.0619. The summed E-state index contributed by atoms with van der Waals surface area (Å²) in [7, 11) is 0. The Bertz CT molecular complexity index is 96.1. The van der Waals surface area contributed by atoms with Crippen LogP contribution in [0.15, 0.2) is 0 Å². The van der Waals surface area contributed by atoms with Crippen molar-refractivity contribution in [2.75, 3.05) is 5.33 Å². The molecule has 0 aliphatic rings. The smallest absolute Gasteiger partial charge is 0.417 e. The molecular formula is C8H14BrO2. The Morgan fingerprint density at radius 3 is 2.73 bits per heavy atom. The van der Waals surface area contributed by atoms with Gasteiger partial charge in [0.2, 0.25) is 0 Å². The SMILES string of the molecule is CCCCC(CCBr)O[C]=O. The summed E-state index contributed by atoms with van der Waals surface area (Å²) in [4.78, 5) is 9.89. The topological polar surface area (TPSA) is 26.3 Å². The van der Waals surface area contributed by atoms with Crippen molar-refractivity contribution in [1.29, 1.82) is 0 Å². The van der Waals surface area contributed by atoms with Crippen LogP contribution in [0.5, 0.6) is 0 Å². The maximum atomic E-state index is 9.89. The van der Waals surface area contributed by atoms with Crippen LogP contribution in [-0.4, -0.2) is 17.9 Å². The standard InChI is InChI=1S/C8H14BrO2/c1-2-3-4-8(5-6-9)11-7-10/h8H,2-6H2,1H3. The average molecular weight is 222 g/mol. The van der Waals surface area contributed by atoms with Crippen LogP contribution in [0.4, 0.5) is 0 Å². The van der Waals surface area contributed by atoms with Gasteiger partial charge in [0, 0.05) is 5.33 Å². The molecule has 0 saturated heterocycles. The molecule has 0 aliphatic heterocycles. The number of unbranched alkanes of at least 4 members (excludes halogenated alkanes) is 1. The normalized spacial score (nSPS) is 12.5. The zero-order valence-corrected chi connectivity index (χ0v) is 8.39. The summed E-state index contributed by atoms with van der Waals surface area (Å²) < 4.78 is 4.75. The van der Waals surface area contributed by atoms with Crippen LogP contribution in [0.3, 0.4) is 0 Å². The summed E-state index contributed by atoms with van der Waals surface area (Å²) in [5, 5.41) is 0.878. The first kappa shape index (κ1) is 11.0. The molecule has 0 bridgehead atoms. The molecule has 65 valence electrons. The average Bonchev–Trinajstić information content (AvgIpc) is 2.01. The second-order valence-corrected chi connectivity index (χ2v) is 3.24. The molecule has 0 aromatic heterocycles. The third kappa shape index (κ3) is 6.35. The highest BCUT2D eigenvalue weighted by Crippen LogP contribution is 2.08. The van der Waals surface area contributed by atoms with Crippen molar-refractivity contribution in [3.05, 3.63) is 0 Å². The highest BCUT2D eigenvalue weighted by atomic mass is 79.9. The van der Waals surface area contributed by atoms with Gasteiger partial charge in [0.15, 0.2) is 0 Å². The molecule has 0 saturated carbocycles. The summed E-state index contributed by atoms with van der Waals surface area (Å²) in [6, 6.07) is 0. The molecule has 0 N–H and O–H groups in total. The van der Waals surface area contributed by atoms with Gasteiger partial charge in [-0.1, -0.05) is 35.7 Å². The van der Waals surface area contributed by atoms with E-state index in [0.717, 1.165) is 31.0 Å². The number of rotatable bonds is 7. The molecule has 1 atom stereocenters. The number of hydrogen-bond donors (Lipinski definition) is 0. The van der Waals surface area contributed by atoms with Crippen LogP contribution < -0.4 is 0 Å². The van der Waals surface area contributed by atoms with Gasteiger partial charge in [-0.2, -0.15) is 0 Å². The first-order chi connectivity index (χ1) is 5.35. The quantitative estimate of drug-likeness (QED) is 0.618. The van der Waals surface area contributed by atoms with Crippen molar-refractivity contribution >= 4 is 22.4 Å². The van der Waals surface area contributed by atoms with Crippen molar-refractivity contribution < 1.29 is 9.53 Å². The van der Waals surface area contributed by atoms with Crippen LogP contribution in [0.2, 0.25) is 0 Å². The zero-order valence-electron chi connectivity index (χ0n) is 6.81. The van der Waals surface area contributed by atoms with E-state index in [0.29, 0.717) is 0 Å². The van der Waals surface area contributed by atoms with Crippen molar-refractivity contribution in [2.24, 2.45) is 0 Å². The minimum Gasteiger partial charge on any atom is -0.454 e. The molecule has 0 fully saturated rings. The number of carbonyl (C=O) groups excluding carboxylic acids is 1. The summed E-state index contributed by atoms with van der Waals surface area (Å²) in [5.41, 5.74) is 0. The van der Waals surface area contributed by atoms with Gasteiger partial charge < -0.3 is 4.74 Å². The molecule has 1 radical (unpaired) electrons. The van der Waals surface area contributed by atoms with E-state index in [9.17, 15) is 4.79 Å². The van der Waals surface area contributed by atoms with E-state index in [2.05, 4.69) is 22.9 Å². The van der Waals surface area contributed by atoms with Crippen molar-refractivity contribution in [1.82, 2.24) is 0 Å². The molecule has 11 heavy (non-hydrogen) atoms. The molecule has 0 aromatic carbocycles. The predicted molar refractivity (Wildman–Crippen MR) is 48.5 cm³/mol. The monoisotopic (exact) mass is 221 g/mol. The molecule has 0 spiro atoms. The zero-order chi connectivity index (χ0) is 8.53. The Morgan fingerprint density at radius 2 is 2.27 bits per heavy atom. The molecule has 0 heterocycles. The van der Waals surface area contributed by atoms with E-state index in [4.69, 9.17) is 4.74 Å². The number of alkyl halides is 1. The van der Waals surface area contributed by atoms with Crippen LogP contribution >= 0.6 is 15.9 Å². The van der Waals surface area contributed by atoms with E-state index < -0.39 is 0 Å². The van der Waals surface area contributed by atoms with Gasteiger partial charge in [0.25, 0.3) is 0 Å². The van der Waals surface area contributed by atoms with Crippen molar-refractivity contribution in [3.63, 3.8) is 0 Å². The summed E-state index contributed by atoms with van der Waals surface area (Å²) in [6.07, 6.45) is 4.15. The highest BCUT2D eigenvalue weighted by Gasteiger charge is 2.07. The van der Waals surface area contributed by atoms with Gasteiger partial charge in [-0.15, -0.1) is 0 Å². The van der Waals surface area contributed by atoms with Gasteiger partial charge in [-0.25, -0.2) is 4.79 Å². The van der Waals surface area contributed by atoms with E-state index in [-0.39, 0.29) is 6.10 Å². The molecule has 0 aliphatic carbocycles. The maximum Gasteiger partial charge on any atom is 0.417 e. The summed E-state index contributed by atoms with van der Waals surface area (Å²) >= 11 is 3.30. The fourth-order valence-electron chi connectivity index (χ4n) is 0.884. The Hall–Kier alpha value is -0.0500. The minimum absolute atomic E-state index is 0.0619. The largest absolute Gasteiger partial charge is 0.454 e. The first-order valence-corrected chi connectivity index (χ1v) is 5.06. The maximum absolute atomic E-state index is 9.89. The predicted octanol–water partition coefficient (Wildman–Crippen LogP) is 2.41. The first-order valence-electron chi connectivity index (χ1n) is 3.93. The summed E-state index contributed by atoms with van der Waals surface area (Å²) in [6.45, 7) is 3.61. The van der Waals surface area contributed by atoms with E-state index in [1.54, 1.807) is 0 Å². The van der Waals surface area contributed by atoms with Gasteiger partial charge in [0.1, 0.15) is 6.10 Å². The van der Waals surface area contributed by atoms with Gasteiger partial charge in [0.05, 0.1) is 0 Å². The third-order valence-corrected chi connectivity index (χ3v) is 1.98. The van der Waals surface area contributed by atoms with Gasteiger partial charge >= 0.3 is 6.47 Å². The van der Waals surface area contributed by atoms with Crippen molar-refractivity contribution in [2.45, 2.75) is 38.7 Å². The van der Waals surface area contributed by atoms with E-state index in [1.165, 1.54) is 6.47 Å². The Labute approximate surface area is 76.4 Å². The third-order valence-electron chi connectivity index (χ3n) is 1.53. The highest BCUT2D eigenvalue weighted by molar-refractivity contribution is 9.09. The summed E-state index contributed by atoms with van der Waals surface area (Å²) in [5.74, 6) is 0. The van der Waals surface area contributed by atoms with E-state index in [1.807, 2.05) is 0 Å². The molecule has 0 aromatic rings. The Kier molecular flexibility index (Phi) is 8.01. The molecule has 0 rings (SSSR count). The Balaban J connectivity index is 3.41. The molecule has 1 unspecified atom stereocenters.